The number of amides is 1. The van der Waals surface area contributed by atoms with Crippen LogP contribution in [0.15, 0.2) is 29.6 Å². The Labute approximate surface area is 149 Å². The minimum absolute atomic E-state index is 0.0818. The summed E-state index contributed by atoms with van der Waals surface area (Å²) in [5, 5.41) is 4.75. The predicted molar refractivity (Wildman–Crippen MR) is 94.2 cm³/mol. The molecular weight excluding hydrogens is 344 g/mol. The number of aromatic nitrogens is 1. The van der Waals surface area contributed by atoms with Crippen molar-refractivity contribution in [2.24, 2.45) is 0 Å². The molecule has 0 unspecified atom stereocenters. The summed E-state index contributed by atoms with van der Waals surface area (Å²) >= 11 is 1.24. The van der Waals surface area contributed by atoms with Gasteiger partial charge >= 0.3 is 5.97 Å². The predicted octanol–water partition coefficient (Wildman–Crippen LogP) is 2.66. The topological polar surface area (TPSA) is 86.8 Å². The highest BCUT2D eigenvalue weighted by atomic mass is 32.1. The summed E-state index contributed by atoms with van der Waals surface area (Å²) in [6.45, 7) is 4.28. The third-order valence-corrected chi connectivity index (χ3v) is 3.74. The van der Waals surface area contributed by atoms with Crippen LogP contribution < -0.4 is 14.8 Å². The minimum Gasteiger partial charge on any atom is -0.490 e. The SMILES string of the molecule is CCOC(=O)Cc1csc(NC(=O)COc2ccccc2OCC)n1. The molecule has 1 aromatic heterocycles. The van der Waals surface area contributed by atoms with Crippen molar-refractivity contribution in [2.75, 3.05) is 25.1 Å². The van der Waals surface area contributed by atoms with E-state index in [4.69, 9.17) is 14.2 Å². The highest BCUT2D eigenvalue weighted by molar-refractivity contribution is 7.13. The third kappa shape index (κ3) is 6.07. The van der Waals surface area contributed by atoms with Crippen molar-refractivity contribution in [3.8, 4) is 11.5 Å². The van der Waals surface area contributed by atoms with Crippen LogP contribution in [0.5, 0.6) is 11.5 Å². The van der Waals surface area contributed by atoms with Gasteiger partial charge in [-0.05, 0) is 26.0 Å². The van der Waals surface area contributed by atoms with Gasteiger partial charge in [-0.3, -0.25) is 14.9 Å². The molecule has 0 aliphatic rings. The molecule has 1 heterocycles. The average Bonchev–Trinajstić information content (AvgIpc) is 3.01. The quantitative estimate of drug-likeness (QED) is 0.689. The molecule has 0 spiro atoms. The molecule has 0 fully saturated rings. The molecule has 2 aromatic rings. The van der Waals surface area contributed by atoms with Gasteiger partial charge in [-0.1, -0.05) is 12.1 Å². The fourth-order valence-electron chi connectivity index (χ4n) is 1.95. The number of hydrogen-bond acceptors (Lipinski definition) is 7. The monoisotopic (exact) mass is 364 g/mol. The maximum absolute atomic E-state index is 12.0. The van der Waals surface area contributed by atoms with Crippen LogP contribution in [0.3, 0.4) is 0 Å². The summed E-state index contributed by atoms with van der Waals surface area (Å²) in [7, 11) is 0. The summed E-state index contributed by atoms with van der Waals surface area (Å²) < 4.78 is 15.8. The number of ether oxygens (including phenoxy) is 3. The first kappa shape index (κ1) is 18.7. The molecule has 0 saturated heterocycles. The van der Waals surface area contributed by atoms with Crippen molar-refractivity contribution in [1.82, 2.24) is 4.98 Å². The third-order valence-electron chi connectivity index (χ3n) is 2.94. The first-order valence-corrected chi connectivity index (χ1v) is 8.74. The highest BCUT2D eigenvalue weighted by Gasteiger charge is 2.12. The summed E-state index contributed by atoms with van der Waals surface area (Å²) in [6, 6.07) is 7.15. The van der Waals surface area contributed by atoms with Crippen LogP contribution in [-0.4, -0.2) is 36.7 Å². The van der Waals surface area contributed by atoms with Gasteiger partial charge in [-0.15, -0.1) is 11.3 Å². The smallest absolute Gasteiger partial charge is 0.311 e. The van der Waals surface area contributed by atoms with Gasteiger partial charge in [0.1, 0.15) is 0 Å². The highest BCUT2D eigenvalue weighted by Crippen LogP contribution is 2.26. The van der Waals surface area contributed by atoms with E-state index in [1.54, 1.807) is 30.5 Å². The Kier molecular flexibility index (Phi) is 7.21. The van der Waals surface area contributed by atoms with Crippen LogP contribution in [-0.2, 0) is 20.7 Å². The van der Waals surface area contributed by atoms with E-state index in [0.29, 0.717) is 35.5 Å². The number of carbonyl (C=O) groups is 2. The maximum atomic E-state index is 12.0. The lowest BCUT2D eigenvalue weighted by molar-refractivity contribution is -0.142. The van der Waals surface area contributed by atoms with Crippen molar-refractivity contribution in [3.05, 3.63) is 35.3 Å². The Hall–Kier alpha value is -2.61. The van der Waals surface area contributed by atoms with Crippen LogP contribution in [0.2, 0.25) is 0 Å². The van der Waals surface area contributed by atoms with Gasteiger partial charge in [0.05, 0.1) is 25.3 Å². The number of hydrogen-bond donors (Lipinski definition) is 1. The fraction of sp³-hybridized carbons (Fsp3) is 0.353. The van der Waals surface area contributed by atoms with E-state index in [1.807, 2.05) is 13.0 Å². The van der Waals surface area contributed by atoms with E-state index >= 15 is 0 Å². The van der Waals surface area contributed by atoms with Gasteiger partial charge in [-0.2, -0.15) is 0 Å². The summed E-state index contributed by atoms with van der Waals surface area (Å²) in [6.07, 6.45) is 0.0818. The molecule has 0 aliphatic heterocycles. The number of nitrogens with one attached hydrogen (secondary N) is 1. The number of rotatable bonds is 9. The van der Waals surface area contributed by atoms with Gasteiger partial charge in [0.25, 0.3) is 5.91 Å². The molecule has 134 valence electrons. The van der Waals surface area contributed by atoms with E-state index in [-0.39, 0.29) is 24.9 Å². The fourth-order valence-corrected chi connectivity index (χ4v) is 2.67. The van der Waals surface area contributed by atoms with Crippen LogP contribution >= 0.6 is 11.3 Å². The largest absolute Gasteiger partial charge is 0.490 e. The van der Waals surface area contributed by atoms with E-state index in [0.717, 1.165) is 0 Å². The van der Waals surface area contributed by atoms with Crippen LogP contribution in [0, 0.1) is 0 Å². The lowest BCUT2D eigenvalue weighted by Gasteiger charge is -2.10. The number of nitrogens with zero attached hydrogens (tertiary/aromatic N) is 1. The average molecular weight is 364 g/mol. The molecule has 8 heteroatoms. The van der Waals surface area contributed by atoms with E-state index < -0.39 is 0 Å². The van der Waals surface area contributed by atoms with Crippen LogP contribution in [0.1, 0.15) is 19.5 Å². The molecule has 1 aromatic carbocycles. The normalized spacial score (nSPS) is 10.2. The van der Waals surface area contributed by atoms with Crippen molar-refractivity contribution in [3.63, 3.8) is 0 Å². The van der Waals surface area contributed by atoms with Gasteiger partial charge < -0.3 is 14.2 Å². The van der Waals surface area contributed by atoms with Gasteiger partial charge in [0, 0.05) is 5.38 Å². The Morgan fingerprint density at radius 3 is 2.52 bits per heavy atom. The Bertz CT molecular complexity index is 717. The van der Waals surface area contributed by atoms with Gasteiger partial charge in [-0.25, -0.2) is 4.98 Å². The Morgan fingerprint density at radius 1 is 1.12 bits per heavy atom. The number of para-hydroxylation sites is 2. The van der Waals surface area contributed by atoms with Crippen molar-refractivity contribution >= 4 is 28.3 Å². The summed E-state index contributed by atoms with van der Waals surface area (Å²) in [4.78, 5) is 27.6. The molecule has 25 heavy (non-hydrogen) atoms. The molecule has 0 aliphatic carbocycles. The van der Waals surface area contributed by atoms with E-state index in [1.165, 1.54) is 11.3 Å². The lowest BCUT2D eigenvalue weighted by Crippen LogP contribution is -2.20. The minimum atomic E-state index is -0.346. The second-order valence-electron chi connectivity index (χ2n) is 4.84. The molecule has 1 amide bonds. The summed E-state index contributed by atoms with van der Waals surface area (Å²) in [5.74, 6) is 0.398. The Balaban J connectivity index is 1.85. The molecule has 0 bridgehead atoms. The molecular formula is C17H20N2O5S. The van der Waals surface area contributed by atoms with Gasteiger partial charge in [0.15, 0.2) is 23.2 Å². The lowest BCUT2D eigenvalue weighted by atomic mass is 10.3. The second kappa shape index (κ2) is 9.63. The van der Waals surface area contributed by atoms with Crippen LogP contribution in [0.25, 0.3) is 0 Å². The zero-order valence-electron chi connectivity index (χ0n) is 14.1. The number of benzene rings is 1. The van der Waals surface area contributed by atoms with Crippen molar-refractivity contribution in [1.29, 1.82) is 0 Å². The number of carbonyl (C=O) groups excluding carboxylic acids is 2. The number of esters is 1. The zero-order chi connectivity index (χ0) is 18.1. The number of thiazole rings is 1. The molecule has 0 radical (unpaired) electrons. The first-order chi connectivity index (χ1) is 12.1. The van der Waals surface area contributed by atoms with Crippen LogP contribution in [0.4, 0.5) is 5.13 Å². The summed E-state index contributed by atoms with van der Waals surface area (Å²) in [5.41, 5.74) is 0.557. The maximum Gasteiger partial charge on any atom is 0.311 e. The van der Waals surface area contributed by atoms with E-state index in [2.05, 4.69) is 10.3 Å². The standard InChI is InChI=1S/C17H20N2O5S/c1-3-22-13-7-5-6-8-14(13)24-10-15(20)19-17-18-12(11-25-17)9-16(21)23-4-2/h5-8,11H,3-4,9-10H2,1-2H3,(H,18,19,20). The van der Waals surface area contributed by atoms with Gasteiger partial charge in [0.2, 0.25) is 0 Å². The zero-order valence-corrected chi connectivity index (χ0v) is 14.9. The second-order valence-corrected chi connectivity index (χ2v) is 5.70. The molecule has 0 atom stereocenters. The van der Waals surface area contributed by atoms with Crippen molar-refractivity contribution < 1.29 is 23.8 Å². The first-order valence-electron chi connectivity index (χ1n) is 7.86. The Morgan fingerprint density at radius 2 is 1.84 bits per heavy atom. The van der Waals surface area contributed by atoms with E-state index in [9.17, 15) is 9.59 Å². The molecule has 2 rings (SSSR count). The molecule has 7 nitrogen and oxygen atoms in total. The van der Waals surface area contributed by atoms with Crippen molar-refractivity contribution in [2.45, 2.75) is 20.3 Å². The molecule has 0 saturated carbocycles. The number of anilines is 1. The molecule has 1 N–H and O–H groups in total.